The van der Waals surface area contributed by atoms with Gasteiger partial charge in [0.1, 0.15) is 0 Å². The molecule has 140 valence electrons. The van der Waals surface area contributed by atoms with Crippen LogP contribution in [-0.4, -0.2) is 24.9 Å². The number of rotatable bonds is 4. The molecule has 0 saturated heterocycles. The largest absolute Gasteiger partial charge is 0.362 e. The number of carbonyl (C=O) groups is 2. The molecule has 0 unspecified atom stereocenters. The molecule has 2 aromatic carbocycles. The van der Waals surface area contributed by atoms with Crippen molar-refractivity contribution in [2.45, 2.75) is 26.7 Å². The molecule has 1 aliphatic heterocycles. The lowest BCUT2D eigenvalue weighted by Crippen LogP contribution is -2.47. The number of nitrogens with zero attached hydrogens (tertiary/aromatic N) is 1. The Kier molecular flexibility index (Phi) is 5.91. The van der Waals surface area contributed by atoms with Crippen LogP contribution in [0.5, 0.6) is 0 Å². The summed E-state index contributed by atoms with van der Waals surface area (Å²) in [4.78, 5) is 26.2. The summed E-state index contributed by atoms with van der Waals surface area (Å²) in [6.07, 6.45) is 5.23. The molecule has 0 fully saturated rings. The van der Waals surface area contributed by atoms with Crippen LogP contribution >= 0.6 is 0 Å². The van der Waals surface area contributed by atoms with Gasteiger partial charge < -0.3 is 4.90 Å². The van der Waals surface area contributed by atoms with Crippen molar-refractivity contribution in [3.8, 4) is 0 Å². The summed E-state index contributed by atoms with van der Waals surface area (Å²) < 4.78 is 0. The lowest BCUT2D eigenvalue weighted by atomic mass is 10.0. The molecule has 0 aromatic heterocycles. The molecule has 5 heteroatoms. The highest BCUT2D eigenvalue weighted by atomic mass is 16.2. The highest BCUT2D eigenvalue weighted by Crippen LogP contribution is 2.26. The standard InChI is InChI=1S/C22H25N3O2/c1-16-9-10-18(17(2)14-16)11-12-21(26)23-24-22(27)15-25-13-5-7-19-6-3-4-8-20(19)25/h3-4,6,8-12,14H,5,7,13,15H2,1-2H3,(H,23,26)(H,24,27)/b12-11+. The second kappa shape index (κ2) is 8.54. The van der Waals surface area contributed by atoms with Gasteiger partial charge in [-0.3, -0.25) is 20.4 Å². The zero-order valence-electron chi connectivity index (χ0n) is 15.8. The van der Waals surface area contributed by atoms with Crippen LogP contribution in [0.15, 0.2) is 48.5 Å². The van der Waals surface area contributed by atoms with E-state index in [9.17, 15) is 9.59 Å². The van der Waals surface area contributed by atoms with E-state index in [1.807, 2.05) is 49.1 Å². The fraction of sp³-hybridized carbons (Fsp3) is 0.273. The first-order valence-corrected chi connectivity index (χ1v) is 9.20. The highest BCUT2D eigenvalue weighted by molar-refractivity contribution is 5.93. The van der Waals surface area contributed by atoms with Crippen molar-refractivity contribution in [3.05, 3.63) is 70.8 Å². The van der Waals surface area contributed by atoms with E-state index in [0.29, 0.717) is 0 Å². The Hall–Kier alpha value is -3.08. The molecular formula is C22H25N3O2. The monoisotopic (exact) mass is 363 g/mol. The Morgan fingerprint density at radius 1 is 1.11 bits per heavy atom. The van der Waals surface area contributed by atoms with Gasteiger partial charge >= 0.3 is 0 Å². The van der Waals surface area contributed by atoms with Crippen molar-refractivity contribution in [1.29, 1.82) is 0 Å². The number of hydrogen-bond donors (Lipinski definition) is 2. The maximum Gasteiger partial charge on any atom is 0.262 e. The highest BCUT2D eigenvalue weighted by Gasteiger charge is 2.18. The third kappa shape index (κ3) is 4.97. The number of hydrogen-bond acceptors (Lipinski definition) is 3. The van der Waals surface area contributed by atoms with Crippen molar-refractivity contribution in [2.75, 3.05) is 18.0 Å². The zero-order chi connectivity index (χ0) is 19.2. The molecule has 5 nitrogen and oxygen atoms in total. The molecule has 1 aliphatic rings. The minimum absolute atomic E-state index is 0.220. The van der Waals surface area contributed by atoms with Gasteiger partial charge in [-0.15, -0.1) is 0 Å². The van der Waals surface area contributed by atoms with E-state index in [0.717, 1.165) is 36.2 Å². The Labute approximate surface area is 160 Å². The lowest BCUT2D eigenvalue weighted by molar-refractivity contribution is -0.125. The van der Waals surface area contributed by atoms with Gasteiger partial charge in [0.2, 0.25) is 0 Å². The van der Waals surface area contributed by atoms with Gasteiger partial charge in [0.15, 0.2) is 0 Å². The van der Waals surface area contributed by atoms with E-state index in [1.165, 1.54) is 17.2 Å². The molecule has 0 spiro atoms. The number of carbonyl (C=O) groups excluding carboxylic acids is 2. The van der Waals surface area contributed by atoms with E-state index in [4.69, 9.17) is 0 Å². The quantitative estimate of drug-likeness (QED) is 0.649. The fourth-order valence-electron chi connectivity index (χ4n) is 3.34. The van der Waals surface area contributed by atoms with Crippen molar-refractivity contribution in [2.24, 2.45) is 0 Å². The van der Waals surface area contributed by atoms with Crippen molar-refractivity contribution < 1.29 is 9.59 Å². The second-order valence-electron chi connectivity index (χ2n) is 6.88. The normalized spacial score (nSPS) is 13.3. The molecule has 0 bridgehead atoms. The second-order valence-corrected chi connectivity index (χ2v) is 6.88. The molecule has 1 heterocycles. The van der Waals surface area contributed by atoms with E-state index in [1.54, 1.807) is 6.08 Å². The molecule has 0 atom stereocenters. The molecule has 2 amide bonds. The number of fused-ring (bicyclic) bond motifs is 1. The van der Waals surface area contributed by atoms with Crippen molar-refractivity contribution in [1.82, 2.24) is 10.9 Å². The third-order valence-corrected chi connectivity index (χ3v) is 4.71. The van der Waals surface area contributed by atoms with Gasteiger partial charge in [-0.1, -0.05) is 42.0 Å². The third-order valence-electron chi connectivity index (χ3n) is 4.71. The number of hydrazine groups is 1. The summed E-state index contributed by atoms with van der Waals surface area (Å²) in [6, 6.07) is 14.2. The maximum atomic E-state index is 12.2. The number of para-hydroxylation sites is 1. The minimum atomic E-state index is -0.359. The van der Waals surface area contributed by atoms with Crippen LogP contribution in [0.4, 0.5) is 5.69 Å². The van der Waals surface area contributed by atoms with E-state index < -0.39 is 0 Å². The minimum Gasteiger partial charge on any atom is -0.362 e. The molecule has 27 heavy (non-hydrogen) atoms. The van der Waals surface area contributed by atoms with Crippen molar-refractivity contribution in [3.63, 3.8) is 0 Å². The first-order chi connectivity index (χ1) is 13.0. The summed E-state index contributed by atoms with van der Waals surface area (Å²) in [5, 5.41) is 0. The van der Waals surface area contributed by atoms with Crippen LogP contribution in [0.1, 0.15) is 28.7 Å². The number of nitrogens with one attached hydrogen (secondary N) is 2. The average Bonchev–Trinajstić information content (AvgIpc) is 2.66. The smallest absolute Gasteiger partial charge is 0.262 e. The molecule has 2 N–H and O–H groups in total. The number of anilines is 1. The van der Waals surface area contributed by atoms with Crippen LogP contribution in [0.3, 0.4) is 0 Å². The fourth-order valence-corrected chi connectivity index (χ4v) is 3.34. The maximum absolute atomic E-state index is 12.2. The van der Waals surface area contributed by atoms with Crippen LogP contribution in [0.25, 0.3) is 6.08 Å². The van der Waals surface area contributed by atoms with E-state index in [-0.39, 0.29) is 18.4 Å². The van der Waals surface area contributed by atoms with Gasteiger partial charge in [0.05, 0.1) is 6.54 Å². The number of amides is 2. The van der Waals surface area contributed by atoms with E-state index in [2.05, 4.69) is 23.0 Å². The Balaban J connectivity index is 1.51. The summed E-state index contributed by atoms with van der Waals surface area (Å²) in [7, 11) is 0. The summed E-state index contributed by atoms with van der Waals surface area (Å²) >= 11 is 0. The number of benzene rings is 2. The van der Waals surface area contributed by atoms with Crippen LogP contribution in [0, 0.1) is 13.8 Å². The topological polar surface area (TPSA) is 61.4 Å². The van der Waals surface area contributed by atoms with Crippen LogP contribution in [0.2, 0.25) is 0 Å². The Morgan fingerprint density at radius 3 is 2.74 bits per heavy atom. The predicted octanol–water partition coefficient (Wildman–Crippen LogP) is 2.92. The van der Waals surface area contributed by atoms with Crippen LogP contribution in [-0.2, 0) is 16.0 Å². The Morgan fingerprint density at radius 2 is 1.93 bits per heavy atom. The van der Waals surface area contributed by atoms with Gasteiger partial charge in [-0.25, -0.2) is 0 Å². The zero-order valence-corrected chi connectivity index (χ0v) is 15.8. The first-order valence-electron chi connectivity index (χ1n) is 9.20. The van der Waals surface area contributed by atoms with Crippen molar-refractivity contribution >= 4 is 23.6 Å². The molecule has 2 aromatic rings. The molecule has 3 rings (SSSR count). The van der Waals surface area contributed by atoms with Gasteiger partial charge in [0.25, 0.3) is 11.8 Å². The summed E-state index contributed by atoms with van der Waals surface area (Å²) in [6.45, 7) is 5.09. The van der Waals surface area contributed by atoms with Gasteiger partial charge in [-0.2, -0.15) is 0 Å². The van der Waals surface area contributed by atoms with Gasteiger partial charge in [0, 0.05) is 18.3 Å². The lowest BCUT2D eigenvalue weighted by Gasteiger charge is -2.30. The van der Waals surface area contributed by atoms with Gasteiger partial charge in [-0.05, 0) is 55.5 Å². The van der Waals surface area contributed by atoms with Crippen LogP contribution < -0.4 is 15.8 Å². The Bertz CT molecular complexity index is 874. The van der Waals surface area contributed by atoms with E-state index >= 15 is 0 Å². The summed E-state index contributed by atoms with van der Waals surface area (Å²) in [5.74, 6) is -0.595. The SMILES string of the molecule is Cc1ccc(/C=C/C(=O)NNC(=O)CN2CCCc3ccccc32)c(C)c1. The molecule has 0 aliphatic carbocycles. The average molecular weight is 363 g/mol. The molecule has 0 radical (unpaired) electrons. The predicted molar refractivity (Wildman–Crippen MR) is 108 cm³/mol. The number of aryl methyl sites for hydroxylation is 3. The first kappa shape index (κ1) is 18.7. The molecular weight excluding hydrogens is 338 g/mol. The molecule has 0 saturated carbocycles. The summed E-state index contributed by atoms with van der Waals surface area (Å²) in [5.41, 5.74) is 10.6.